The van der Waals surface area contributed by atoms with Gasteiger partial charge in [-0.1, -0.05) is 0 Å². The van der Waals surface area contributed by atoms with Crippen LogP contribution in [0.3, 0.4) is 0 Å². The number of aryl methyl sites for hydroxylation is 1. The average molecular weight is 214 g/mol. The number of nitrogens with one attached hydrogen (secondary N) is 1. The van der Waals surface area contributed by atoms with Crippen molar-refractivity contribution in [1.82, 2.24) is 9.69 Å². The largest absolute Gasteiger partial charge is 0.311 e. The van der Waals surface area contributed by atoms with E-state index in [4.69, 9.17) is 0 Å². The molecule has 2 nitrogen and oxygen atoms in total. The third-order valence-corrected chi connectivity index (χ3v) is 3.83. The van der Waals surface area contributed by atoms with Crippen molar-refractivity contribution in [2.45, 2.75) is 38.4 Å². The molecule has 1 aromatic heterocycles. The maximum absolute atomic E-state index is 14.4. The lowest BCUT2D eigenvalue weighted by Gasteiger charge is -2.32. The van der Waals surface area contributed by atoms with E-state index in [-0.39, 0.29) is 0 Å². The molecule has 2 unspecified atom stereocenters. The highest BCUT2D eigenvalue weighted by Crippen LogP contribution is 2.36. The first-order valence-electron chi connectivity index (χ1n) is 4.96. The number of halogens is 1. The molecule has 0 aliphatic carbocycles. The van der Waals surface area contributed by atoms with Gasteiger partial charge < -0.3 is 5.32 Å². The molecule has 78 valence electrons. The summed E-state index contributed by atoms with van der Waals surface area (Å²) in [5.41, 5.74) is -0.265. The SMILES string of the molecule is Cc1cc(C2(F)CCC(C)NC2)sn1. The quantitative estimate of drug-likeness (QED) is 0.776. The van der Waals surface area contributed by atoms with Gasteiger partial charge in [0.1, 0.15) is 0 Å². The Labute approximate surface area is 87.7 Å². The Morgan fingerprint density at radius 3 is 3.00 bits per heavy atom. The normalized spacial score (nSPS) is 33.2. The molecule has 1 fully saturated rings. The fourth-order valence-corrected chi connectivity index (χ4v) is 2.61. The van der Waals surface area contributed by atoms with Gasteiger partial charge in [-0.15, -0.1) is 0 Å². The van der Waals surface area contributed by atoms with Gasteiger partial charge in [0.05, 0.1) is 10.6 Å². The summed E-state index contributed by atoms with van der Waals surface area (Å²) < 4.78 is 18.5. The van der Waals surface area contributed by atoms with Crippen molar-refractivity contribution in [1.29, 1.82) is 0 Å². The standard InChI is InChI=1S/C10H15FN2S/c1-7-3-4-10(11,6-12-7)9-5-8(2)13-14-9/h5,7,12H,3-4,6H2,1-2H3. The molecule has 4 heteroatoms. The minimum atomic E-state index is -1.18. The molecule has 2 heterocycles. The highest BCUT2D eigenvalue weighted by atomic mass is 32.1. The average Bonchev–Trinajstić information content (AvgIpc) is 2.58. The van der Waals surface area contributed by atoms with Gasteiger partial charge in [0.15, 0.2) is 5.67 Å². The van der Waals surface area contributed by atoms with E-state index in [0.29, 0.717) is 19.0 Å². The number of piperidine rings is 1. The van der Waals surface area contributed by atoms with E-state index in [9.17, 15) is 4.39 Å². The number of nitrogens with zero attached hydrogens (tertiary/aromatic N) is 1. The minimum Gasteiger partial charge on any atom is -0.311 e. The maximum Gasteiger partial charge on any atom is 0.159 e. The van der Waals surface area contributed by atoms with E-state index >= 15 is 0 Å². The lowest BCUT2D eigenvalue weighted by molar-refractivity contribution is 0.110. The number of hydrogen-bond acceptors (Lipinski definition) is 3. The van der Waals surface area contributed by atoms with Crippen LogP contribution in [0.2, 0.25) is 0 Å². The van der Waals surface area contributed by atoms with Crippen molar-refractivity contribution >= 4 is 11.5 Å². The second-order valence-electron chi connectivity index (χ2n) is 4.12. The number of hydrogen-bond donors (Lipinski definition) is 1. The number of rotatable bonds is 1. The molecule has 14 heavy (non-hydrogen) atoms. The van der Waals surface area contributed by atoms with Crippen LogP contribution in [-0.2, 0) is 5.67 Å². The van der Waals surface area contributed by atoms with Gasteiger partial charge in [-0.25, -0.2) is 4.39 Å². The van der Waals surface area contributed by atoms with Gasteiger partial charge in [0.2, 0.25) is 0 Å². The molecule has 1 aromatic rings. The van der Waals surface area contributed by atoms with Crippen LogP contribution in [0, 0.1) is 6.92 Å². The Hall–Kier alpha value is -0.480. The molecule has 1 aliphatic rings. The van der Waals surface area contributed by atoms with Crippen LogP contribution in [-0.4, -0.2) is 17.0 Å². The smallest absolute Gasteiger partial charge is 0.159 e. The van der Waals surface area contributed by atoms with E-state index in [2.05, 4.69) is 16.6 Å². The Bertz CT molecular complexity index is 316. The Balaban J connectivity index is 2.16. The molecular formula is C10H15FN2S. The van der Waals surface area contributed by atoms with Crippen molar-refractivity contribution in [3.05, 3.63) is 16.6 Å². The highest BCUT2D eigenvalue weighted by Gasteiger charge is 2.37. The van der Waals surface area contributed by atoms with Crippen LogP contribution >= 0.6 is 11.5 Å². The third-order valence-electron chi connectivity index (χ3n) is 2.77. The molecule has 0 radical (unpaired) electrons. The van der Waals surface area contributed by atoms with Crippen LogP contribution in [0.15, 0.2) is 6.07 Å². The van der Waals surface area contributed by atoms with Crippen LogP contribution in [0.25, 0.3) is 0 Å². The summed E-state index contributed by atoms with van der Waals surface area (Å²) in [4.78, 5) is 0.773. The molecular weight excluding hydrogens is 199 g/mol. The lowest BCUT2D eigenvalue weighted by atomic mass is 9.91. The van der Waals surface area contributed by atoms with Crippen molar-refractivity contribution in [3.8, 4) is 0 Å². The molecule has 1 aliphatic heterocycles. The second-order valence-corrected chi connectivity index (χ2v) is 4.92. The van der Waals surface area contributed by atoms with Gasteiger partial charge in [-0.3, -0.25) is 0 Å². The van der Waals surface area contributed by atoms with Gasteiger partial charge in [0, 0.05) is 12.6 Å². The van der Waals surface area contributed by atoms with Crippen LogP contribution in [0.1, 0.15) is 30.3 Å². The molecule has 0 amide bonds. The van der Waals surface area contributed by atoms with E-state index < -0.39 is 5.67 Å². The zero-order valence-electron chi connectivity index (χ0n) is 8.51. The summed E-state index contributed by atoms with van der Waals surface area (Å²) >= 11 is 1.29. The van der Waals surface area contributed by atoms with Crippen molar-refractivity contribution in [2.75, 3.05) is 6.54 Å². The van der Waals surface area contributed by atoms with Crippen LogP contribution < -0.4 is 5.32 Å². The summed E-state index contributed by atoms with van der Waals surface area (Å²) in [6.07, 6.45) is 1.51. The van der Waals surface area contributed by atoms with Gasteiger partial charge in [0.25, 0.3) is 0 Å². The van der Waals surface area contributed by atoms with E-state index in [1.807, 2.05) is 13.0 Å². The zero-order chi connectivity index (χ0) is 10.2. The summed E-state index contributed by atoms with van der Waals surface area (Å²) in [5.74, 6) is 0. The molecule has 1 N–H and O–H groups in total. The summed E-state index contributed by atoms with van der Waals surface area (Å²) in [6, 6.07) is 2.30. The third kappa shape index (κ3) is 1.81. The minimum absolute atomic E-state index is 0.426. The second kappa shape index (κ2) is 3.59. The first kappa shape index (κ1) is 10.1. The van der Waals surface area contributed by atoms with Crippen molar-refractivity contribution < 1.29 is 4.39 Å². The van der Waals surface area contributed by atoms with E-state index in [1.165, 1.54) is 11.5 Å². The van der Waals surface area contributed by atoms with Gasteiger partial charge in [-0.05, 0) is 44.3 Å². The van der Waals surface area contributed by atoms with Gasteiger partial charge in [-0.2, -0.15) is 4.37 Å². The molecule has 2 rings (SSSR count). The summed E-state index contributed by atoms with van der Waals surface area (Å²) in [5, 5.41) is 3.18. The predicted molar refractivity (Wildman–Crippen MR) is 56.3 cm³/mol. The predicted octanol–water partition coefficient (Wildman–Crippen LogP) is 2.39. The van der Waals surface area contributed by atoms with E-state index in [1.54, 1.807) is 0 Å². The lowest BCUT2D eigenvalue weighted by Crippen LogP contribution is -2.44. The zero-order valence-corrected chi connectivity index (χ0v) is 9.33. The van der Waals surface area contributed by atoms with Crippen LogP contribution in [0.4, 0.5) is 4.39 Å². The first-order valence-corrected chi connectivity index (χ1v) is 5.73. The Kier molecular flexibility index (Phi) is 2.58. The Morgan fingerprint density at radius 1 is 1.71 bits per heavy atom. The topological polar surface area (TPSA) is 24.9 Å². The molecule has 0 spiro atoms. The summed E-state index contributed by atoms with van der Waals surface area (Å²) in [6.45, 7) is 4.43. The number of alkyl halides is 1. The highest BCUT2D eigenvalue weighted by molar-refractivity contribution is 7.06. The van der Waals surface area contributed by atoms with Crippen molar-refractivity contribution in [3.63, 3.8) is 0 Å². The Morgan fingerprint density at radius 2 is 2.50 bits per heavy atom. The van der Waals surface area contributed by atoms with Crippen molar-refractivity contribution in [2.24, 2.45) is 0 Å². The molecule has 0 saturated carbocycles. The number of aromatic nitrogens is 1. The molecule has 2 atom stereocenters. The molecule has 0 bridgehead atoms. The first-order chi connectivity index (χ1) is 6.60. The monoisotopic (exact) mass is 214 g/mol. The molecule has 1 saturated heterocycles. The maximum atomic E-state index is 14.4. The fraction of sp³-hybridized carbons (Fsp3) is 0.700. The fourth-order valence-electron chi connectivity index (χ4n) is 1.76. The van der Waals surface area contributed by atoms with E-state index in [0.717, 1.165) is 17.0 Å². The summed E-state index contributed by atoms with van der Waals surface area (Å²) in [7, 11) is 0. The molecule has 0 aromatic carbocycles. The van der Waals surface area contributed by atoms with Gasteiger partial charge >= 0.3 is 0 Å². The van der Waals surface area contributed by atoms with Crippen LogP contribution in [0.5, 0.6) is 0 Å².